The molecule has 0 aromatic carbocycles. The number of amides is 1. The van der Waals surface area contributed by atoms with E-state index in [9.17, 15) is 15.0 Å². The summed E-state index contributed by atoms with van der Waals surface area (Å²) in [7, 11) is 0. The molecule has 0 radical (unpaired) electrons. The predicted molar refractivity (Wildman–Crippen MR) is 173 cm³/mol. The van der Waals surface area contributed by atoms with Crippen molar-refractivity contribution in [3.63, 3.8) is 0 Å². The van der Waals surface area contributed by atoms with E-state index in [1.807, 2.05) is 18.2 Å². The van der Waals surface area contributed by atoms with Crippen molar-refractivity contribution in [1.29, 1.82) is 0 Å². The molecule has 2 aromatic rings. The Kier molecular flexibility index (Phi) is 8.07. The minimum absolute atomic E-state index is 0.0531. The summed E-state index contributed by atoms with van der Waals surface area (Å²) in [5.41, 5.74) is 3.89. The van der Waals surface area contributed by atoms with Crippen LogP contribution in [0.1, 0.15) is 69.2 Å². The Labute approximate surface area is 273 Å². The summed E-state index contributed by atoms with van der Waals surface area (Å²) in [6.07, 6.45) is 10.8. The van der Waals surface area contributed by atoms with E-state index >= 15 is 0 Å². The molecule has 2 spiro atoms. The van der Waals surface area contributed by atoms with Gasteiger partial charge in [0.2, 0.25) is 0 Å². The topological polar surface area (TPSA) is 144 Å². The summed E-state index contributed by atoms with van der Waals surface area (Å²) < 4.78 is 8.61. The van der Waals surface area contributed by atoms with Gasteiger partial charge in [0.15, 0.2) is 5.79 Å². The molecule has 45 heavy (non-hydrogen) atoms. The third-order valence-corrected chi connectivity index (χ3v) is 11.3. The lowest BCUT2D eigenvalue weighted by Crippen LogP contribution is -2.44. The van der Waals surface area contributed by atoms with Crippen LogP contribution >= 0.6 is 23.5 Å². The van der Waals surface area contributed by atoms with Crippen LogP contribution in [0.4, 0.5) is 11.6 Å². The van der Waals surface area contributed by atoms with E-state index in [1.54, 1.807) is 29.4 Å². The largest absolute Gasteiger partial charge is 0.370 e. The molecular weight excluding hydrogens is 614 g/mol. The van der Waals surface area contributed by atoms with Gasteiger partial charge in [0, 0.05) is 36.1 Å². The Morgan fingerprint density at radius 2 is 1.96 bits per heavy atom. The minimum atomic E-state index is -1.83. The lowest BCUT2D eigenvalue weighted by Gasteiger charge is -2.25. The van der Waals surface area contributed by atoms with Crippen LogP contribution in [-0.2, 0) is 4.74 Å². The zero-order valence-electron chi connectivity index (χ0n) is 25.7. The molecule has 3 aliphatic carbocycles. The van der Waals surface area contributed by atoms with Crippen LogP contribution < -0.4 is 25.8 Å². The Balaban J connectivity index is 0.852. The number of pyridine rings is 2. The smallest absolute Gasteiger partial charge is 0.264 e. The molecule has 6 N–H and O–H groups in total. The first-order chi connectivity index (χ1) is 21.5. The molecule has 242 valence electrons. The summed E-state index contributed by atoms with van der Waals surface area (Å²) >= 11 is 7.54. The van der Waals surface area contributed by atoms with Gasteiger partial charge in [-0.05, 0) is 112 Å². The highest BCUT2D eigenvalue weighted by atomic mass is 35.5. The molecule has 2 aromatic heterocycles. The highest BCUT2D eigenvalue weighted by molar-refractivity contribution is 7.97. The molecule has 11 nitrogen and oxygen atoms in total. The van der Waals surface area contributed by atoms with E-state index < -0.39 is 12.0 Å². The second-order valence-electron chi connectivity index (χ2n) is 14.0. The molecule has 4 heterocycles. The highest BCUT2D eigenvalue weighted by Crippen LogP contribution is 2.94. The van der Waals surface area contributed by atoms with Gasteiger partial charge in [-0.25, -0.2) is 9.97 Å². The number of nitrogens with one attached hydrogen (secondary N) is 4. The van der Waals surface area contributed by atoms with Crippen LogP contribution in [0.2, 0.25) is 5.15 Å². The maximum Gasteiger partial charge on any atom is 0.264 e. The van der Waals surface area contributed by atoms with E-state index in [1.165, 1.54) is 12.8 Å². The first-order valence-corrected chi connectivity index (χ1v) is 17.1. The zero-order valence-corrected chi connectivity index (χ0v) is 27.3. The van der Waals surface area contributed by atoms with Gasteiger partial charge in [0.25, 0.3) is 5.91 Å². The molecule has 2 aliphatic heterocycles. The third kappa shape index (κ3) is 6.30. The molecular formula is C32H42ClN7O4S. The quantitative estimate of drug-likeness (QED) is 0.0800. The lowest BCUT2D eigenvalue weighted by molar-refractivity contribution is -0.224. The molecule has 4 fully saturated rings. The molecule has 1 saturated heterocycles. The predicted octanol–water partition coefficient (Wildman–Crippen LogP) is 4.20. The summed E-state index contributed by atoms with van der Waals surface area (Å²) in [6.45, 7) is 6.27. The second-order valence-corrected chi connectivity index (χ2v) is 15.2. The SMILES string of the molecule is CC1(C)CC(CCCNc2cccc(SNC(=O)c3ccc(N4C=CC(OCC(O)(O)C5C6(CC6)C56CC6)N4)nc3Cl)n2)CN1. The first-order valence-electron chi connectivity index (χ1n) is 15.9. The van der Waals surface area contributed by atoms with Gasteiger partial charge in [-0.3, -0.25) is 14.5 Å². The number of aliphatic hydroxyl groups is 2. The Hall–Kier alpha value is -2.45. The molecule has 5 aliphatic rings. The number of aromatic nitrogens is 2. The van der Waals surface area contributed by atoms with Crippen molar-refractivity contribution in [2.45, 2.75) is 81.4 Å². The normalized spacial score (nSPS) is 25.2. The van der Waals surface area contributed by atoms with Crippen molar-refractivity contribution in [3.05, 3.63) is 53.3 Å². The number of anilines is 2. The fraction of sp³-hybridized carbons (Fsp3) is 0.594. The summed E-state index contributed by atoms with van der Waals surface area (Å²) in [5, 5.41) is 30.9. The van der Waals surface area contributed by atoms with Crippen LogP contribution in [0.15, 0.2) is 47.6 Å². The summed E-state index contributed by atoms with van der Waals surface area (Å²) in [6, 6.07) is 8.96. The van der Waals surface area contributed by atoms with E-state index in [4.69, 9.17) is 16.3 Å². The Morgan fingerprint density at radius 3 is 2.64 bits per heavy atom. The number of hydrazine groups is 1. The van der Waals surface area contributed by atoms with E-state index in [-0.39, 0.29) is 45.5 Å². The highest BCUT2D eigenvalue weighted by Gasteiger charge is 2.90. The fourth-order valence-corrected chi connectivity index (χ4v) is 8.77. The second kappa shape index (κ2) is 11.7. The summed E-state index contributed by atoms with van der Waals surface area (Å²) in [4.78, 5) is 21.9. The summed E-state index contributed by atoms with van der Waals surface area (Å²) in [5.74, 6) is -0.348. The van der Waals surface area contributed by atoms with Crippen LogP contribution in [-0.4, -0.2) is 63.3 Å². The van der Waals surface area contributed by atoms with Crippen LogP contribution in [0.25, 0.3) is 0 Å². The maximum atomic E-state index is 12.9. The average Bonchev–Trinajstić information content (AvgIpc) is 3.96. The van der Waals surface area contributed by atoms with Crippen molar-refractivity contribution in [2.75, 3.05) is 30.0 Å². The van der Waals surface area contributed by atoms with Gasteiger partial charge < -0.3 is 25.6 Å². The molecule has 13 heteroatoms. The van der Waals surface area contributed by atoms with Crippen LogP contribution in [0, 0.1) is 22.7 Å². The minimum Gasteiger partial charge on any atom is -0.370 e. The average molecular weight is 656 g/mol. The number of hydrogen-bond donors (Lipinski definition) is 6. The molecule has 7 rings (SSSR count). The third-order valence-electron chi connectivity index (χ3n) is 10.3. The van der Waals surface area contributed by atoms with Crippen molar-refractivity contribution in [3.8, 4) is 0 Å². The van der Waals surface area contributed by atoms with Crippen molar-refractivity contribution >= 4 is 41.1 Å². The van der Waals surface area contributed by atoms with Gasteiger partial charge in [0.1, 0.15) is 34.6 Å². The lowest BCUT2D eigenvalue weighted by atomic mass is 9.94. The Bertz CT molecular complexity index is 1460. The van der Waals surface area contributed by atoms with Crippen LogP contribution in [0.5, 0.6) is 0 Å². The zero-order chi connectivity index (χ0) is 31.5. The molecule has 2 atom stereocenters. The first kappa shape index (κ1) is 31.2. The number of hydrogen-bond acceptors (Lipinski definition) is 11. The number of carbonyl (C=O) groups is 1. The van der Waals surface area contributed by atoms with Crippen LogP contribution in [0.3, 0.4) is 0 Å². The van der Waals surface area contributed by atoms with Crippen molar-refractivity contribution < 1.29 is 19.7 Å². The number of carbonyl (C=O) groups excluding carboxylic acids is 1. The molecule has 0 bridgehead atoms. The number of ether oxygens (including phenoxy) is 1. The number of rotatable bonds is 13. The van der Waals surface area contributed by atoms with Gasteiger partial charge in [-0.15, -0.1) is 0 Å². The number of nitrogens with zero attached hydrogens (tertiary/aromatic N) is 3. The van der Waals surface area contributed by atoms with E-state index in [0.717, 1.165) is 63.0 Å². The fourth-order valence-electron chi connectivity index (χ4n) is 7.93. The molecule has 3 saturated carbocycles. The van der Waals surface area contributed by atoms with Gasteiger partial charge >= 0.3 is 0 Å². The number of fused-ring (bicyclic) bond motifs is 1. The van der Waals surface area contributed by atoms with E-state index in [0.29, 0.717) is 16.8 Å². The standard InChI is InChI=1S/C32H42ClN7O4S/c1-29(2)17-20(18-35-29)5-4-15-34-22-6-3-7-25(36-22)45-39-27(41)21-8-9-23(37-26(21)33)40-16-10-24(38-40)44-19-32(42,43)28-30(11-12-30)31(28)13-14-31/h3,6-10,16,20,24,28,35,38,42-43H,4-5,11-15,17-19H2,1-2H3,(H,34,36)(H,39,41). The van der Waals surface area contributed by atoms with Gasteiger partial charge in [0.05, 0.1) is 5.56 Å². The van der Waals surface area contributed by atoms with Gasteiger partial charge in [-0.1, -0.05) is 17.7 Å². The monoisotopic (exact) mass is 655 g/mol. The van der Waals surface area contributed by atoms with Crippen molar-refractivity contribution in [1.82, 2.24) is 25.4 Å². The van der Waals surface area contributed by atoms with Crippen molar-refractivity contribution in [2.24, 2.45) is 22.7 Å². The molecule has 1 amide bonds. The maximum absolute atomic E-state index is 12.9. The Morgan fingerprint density at radius 1 is 1.18 bits per heavy atom. The molecule has 2 unspecified atom stereocenters. The van der Waals surface area contributed by atoms with E-state index in [2.05, 4.69) is 44.6 Å². The van der Waals surface area contributed by atoms with Gasteiger partial charge in [-0.2, -0.15) is 5.43 Å². The number of halogens is 1.